The number of benzene rings is 2. The summed E-state index contributed by atoms with van der Waals surface area (Å²) >= 11 is 6.23. The second kappa shape index (κ2) is 13.1. The first-order valence-electron chi connectivity index (χ1n) is 14.3. The number of carbonyl (C=O) groups excluding carboxylic acids is 1. The normalized spacial score (nSPS) is 17.4. The number of amides is 1. The highest BCUT2D eigenvalue weighted by Crippen LogP contribution is 2.41. The van der Waals surface area contributed by atoms with Gasteiger partial charge >= 0.3 is 0 Å². The molecule has 1 atom stereocenters. The molecule has 1 amide bonds. The van der Waals surface area contributed by atoms with Gasteiger partial charge in [0.25, 0.3) is 5.91 Å². The fourth-order valence-electron chi connectivity index (χ4n) is 5.48. The number of carbonyl (C=O) groups is 1. The van der Waals surface area contributed by atoms with Crippen LogP contribution in [0.4, 0.5) is 0 Å². The van der Waals surface area contributed by atoms with Crippen molar-refractivity contribution in [3.63, 3.8) is 0 Å². The number of rotatable bonds is 12. The standard InChI is InChI=1S/C31H37ClN2O6/c1-3-5-6-16-39-25-10-8-21(19-26(25)38-4-2)28-27-29(35)23-20-22(32)9-11-24(23)40-30(27)31(36)34(28)13-7-12-33-14-17-37-18-15-33/h8-11,19-20,28H,3-7,12-18H2,1-2H3. The number of hydrogen-bond acceptors (Lipinski definition) is 7. The van der Waals surface area contributed by atoms with Crippen molar-refractivity contribution in [3.05, 3.63) is 68.5 Å². The average molecular weight is 569 g/mol. The minimum absolute atomic E-state index is 0.0917. The molecule has 40 heavy (non-hydrogen) atoms. The van der Waals surface area contributed by atoms with Crippen LogP contribution in [-0.4, -0.2) is 68.3 Å². The molecule has 2 aromatic carbocycles. The Morgan fingerprint density at radius 1 is 0.950 bits per heavy atom. The van der Waals surface area contributed by atoms with Gasteiger partial charge in [-0.15, -0.1) is 0 Å². The van der Waals surface area contributed by atoms with Crippen LogP contribution in [0.15, 0.2) is 45.6 Å². The molecular weight excluding hydrogens is 532 g/mol. The third kappa shape index (κ3) is 5.99. The quantitative estimate of drug-likeness (QED) is 0.260. The summed E-state index contributed by atoms with van der Waals surface area (Å²) in [7, 11) is 0. The predicted molar refractivity (Wildman–Crippen MR) is 155 cm³/mol. The average Bonchev–Trinajstić information content (AvgIpc) is 3.24. The first-order valence-corrected chi connectivity index (χ1v) is 14.7. The first kappa shape index (κ1) is 28.5. The van der Waals surface area contributed by atoms with Gasteiger partial charge in [0.15, 0.2) is 16.9 Å². The highest BCUT2D eigenvalue weighted by Gasteiger charge is 2.42. The highest BCUT2D eigenvalue weighted by atomic mass is 35.5. The molecule has 1 unspecified atom stereocenters. The molecule has 5 rings (SSSR count). The molecule has 0 bridgehead atoms. The molecule has 3 aromatic rings. The lowest BCUT2D eigenvalue weighted by molar-refractivity contribution is 0.0353. The van der Waals surface area contributed by atoms with Crippen LogP contribution < -0.4 is 14.9 Å². The predicted octanol–water partition coefficient (Wildman–Crippen LogP) is 5.68. The van der Waals surface area contributed by atoms with Gasteiger partial charge in [-0.2, -0.15) is 0 Å². The van der Waals surface area contributed by atoms with E-state index in [-0.39, 0.29) is 17.1 Å². The van der Waals surface area contributed by atoms with Gasteiger partial charge in [-0.05, 0) is 55.7 Å². The van der Waals surface area contributed by atoms with Crippen molar-refractivity contribution in [2.75, 3.05) is 52.6 Å². The van der Waals surface area contributed by atoms with Crippen LogP contribution in [-0.2, 0) is 4.74 Å². The lowest BCUT2D eigenvalue weighted by Gasteiger charge is -2.29. The van der Waals surface area contributed by atoms with Crippen LogP contribution in [0.3, 0.4) is 0 Å². The summed E-state index contributed by atoms with van der Waals surface area (Å²) in [6.45, 7) is 9.64. The topological polar surface area (TPSA) is 81.5 Å². The van der Waals surface area contributed by atoms with E-state index < -0.39 is 6.04 Å². The van der Waals surface area contributed by atoms with Gasteiger partial charge < -0.3 is 23.5 Å². The molecule has 3 heterocycles. The molecule has 2 aliphatic rings. The minimum Gasteiger partial charge on any atom is -0.490 e. The number of halogens is 1. The van der Waals surface area contributed by atoms with Crippen LogP contribution in [0.2, 0.25) is 5.02 Å². The fourth-order valence-corrected chi connectivity index (χ4v) is 5.65. The lowest BCUT2D eigenvalue weighted by atomic mass is 9.98. The van der Waals surface area contributed by atoms with Crippen LogP contribution in [0, 0.1) is 0 Å². The van der Waals surface area contributed by atoms with E-state index in [9.17, 15) is 9.59 Å². The molecule has 0 radical (unpaired) electrons. The monoisotopic (exact) mass is 568 g/mol. The molecule has 1 saturated heterocycles. The van der Waals surface area contributed by atoms with Crippen molar-refractivity contribution in [1.82, 2.24) is 9.80 Å². The van der Waals surface area contributed by atoms with Crippen molar-refractivity contribution in [1.29, 1.82) is 0 Å². The number of hydrogen-bond donors (Lipinski definition) is 0. The molecule has 1 aromatic heterocycles. The molecule has 2 aliphatic heterocycles. The van der Waals surface area contributed by atoms with E-state index >= 15 is 0 Å². The van der Waals surface area contributed by atoms with Crippen molar-refractivity contribution >= 4 is 28.5 Å². The van der Waals surface area contributed by atoms with E-state index in [1.54, 1.807) is 23.1 Å². The van der Waals surface area contributed by atoms with E-state index in [1.165, 1.54) is 0 Å². The largest absolute Gasteiger partial charge is 0.490 e. The van der Waals surface area contributed by atoms with Crippen molar-refractivity contribution in [2.24, 2.45) is 0 Å². The Hall–Kier alpha value is -3.07. The third-order valence-electron chi connectivity index (χ3n) is 7.49. The number of nitrogens with zero attached hydrogens (tertiary/aromatic N) is 2. The number of morpholine rings is 1. The van der Waals surface area contributed by atoms with Gasteiger partial charge in [-0.1, -0.05) is 37.4 Å². The van der Waals surface area contributed by atoms with Crippen LogP contribution >= 0.6 is 11.6 Å². The summed E-state index contributed by atoms with van der Waals surface area (Å²) in [5.41, 5.74) is 1.22. The van der Waals surface area contributed by atoms with Gasteiger partial charge in [0.05, 0.1) is 43.4 Å². The van der Waals surface area contributed by atoms with E-state index in [1.807, 2.05) is 25.1 Å². The SMILES string of the molecule is CCCCCOc1ccc(C2c3c(oc4ccc(Cl)cc4c3=O)C(=O)N2CCCN2CCOCC2)cc1OCC. The summed E-state index contributed by atoms with van der Waals surface area (Å²) in [5, 5.41) is 0.798. The Labute approximate surface area is 239 Å². The summed E-state index contributed by atoms with van der Waals surface area (Å²) in [6.07, 6.45) is 3.92. The zero-order valence-electron chi connectivity index (χ0n) is 23.2. The Kier molecular flexibility index (Phi) is 9.29. The van der Waals surface area contributed by atoms with Gasteiger partial charge in [-0.3, -0.25) is 14.5 Å². The number of ether oxygens (including phenoxy) is 3. The molecule has 0 N–H and O–H groups in total. The zero-order valence-corrected chi connectivity index (χ0v) is 24.0. The molecule has 0 saturated carbocycles. The second-order valence-electron chi connectivity index (χ2n) is 10.2. The molecule has 9 heteroatoms. The van der Waals surface area contributed by atoms with Crippen molar-refractivity contribution in [2.45, 2.75) is 45.6 Å². The van der Waals surface area contributed by atoms with Gasteiger partial charge in [0.2, 0.25) is 5.76 Å². The molecular formula is C31H37ClN2O6. The molecule has 214 valence electrons. The first-order chi connectivity index (χ1) is 19.5. The van der Waals surface area contributed by atoms with Crippen molar-refractivity contribution < 1.29 is 23.4 Å². The van der Waals surface area contributed by atoms with Crippen LogP contribution in [0.5, 0.6) is 11.5 Å². The number of unbranched alkanes of at least 4 members (excludes halogenated alkanes) is 2. The van der Waals surface area contributed by atoms with E-state index in [4.69, 9.17) is 30.2 Å². The minimum atomic E-state index is -0.611. The van der Waals surface area contributed by atoms with E-state index in [0.717, 1.165) is 64.1 Å². The van der Waals surface area contributed by atoms with Gasteiger partial charge in [0, 0.05) is 31.2 Å². The molecule has 0 aliphatic carbocycles. The van der Waals surface area contributed by atoms with Crippen molar-refractivity contribution in [3.8, 4) is 11.5 Å². The Bertz CT molecular complexity index is 1400. The van der Waals surface area contributed by atoms with Gasteiger partial charge in [0.1, 0.15) is 5.58 Å². The smallest absolute Gasteiger partial charge is 0.290 e. The summed E-state index contributed by atoms with van der Waals surface area (Å²) in [4.78, 5) is 31.7. The molecule has 0 spiro atoms. The Balaban J connectivity index is 1.52. The molecule has 8 nitrogen and oxygen atoms in total. The maximum absolute atomic E-state index is 13.9. The number of fused-ring (bicyclic) bond motifs is 2. The maximum atomic E-state index is 13.9. The van der Waals surface area contributed by atoms with Gasteiger partial charge in [-0.25, -0.2) is 0 Å². The third-order valence-corrected chi connectivity index (χ3v) is 7.73. The fraction of sp³-hybridized carbons (Fsp3) is 0.484. The summed E-state index contributed by atoms with van der Waals surface area (Å²) in [5.74, 6) is 1.06. The Morgan fingerprint density at radius 3 is 2.55 bits per heavy atom. The van der Waals surface area contributed by atoms with E-state index in [2.05, 4.69) is 11.8 Å². The highest BCUT2D eigenvalue weighted by molar-refractivity contribution is 6.31. The molecule has 1 fully saturated rings. The Morgan fingerprint density at radius 2 is 1.77 bits per heavy atom. The zero-order chi connectivity index (χ0) is 28.1. The lowest BCUT2D eigenvalue weighted by Crippen LogP contribution is -2.38. The van der Waals surface area contributed by atoms with Crippen LogP contribution in [0.25, 0.3) is 11.0 Å². The summed E-state index contributed by atoms with van der Waals surface area (Å²) in [6, 6.07) is 9.97. The second-order valence-corrected chi connectivity index (χ2v) is 10.7. The van der Waals surface area contributed by atoms with E-state index in [0.29, 0.717) is 52.8 Å². The maximum Gasteiger partial charge on any atom is 0.290 e. The summed E-state index contributed by atoms with van der Waals surface area (Å²) < 4.78 is 23.5. The van der Waals surface area contributed by atoms with Crippen LogP contribution in [0.1, 0.15) is 67.3 Å².